The summed E-state index contributed by atoms with van der Waals surface area (Å²) in [6.45, 7) is 0. The molecule has 0 fully saturated rings. The summed E-state index contributed by atoms with van der Waals surface area (Å²) >= 11 is 0. The van der Waals surface area contributed by atoms with E-state index in [-0.39, 0.29) is 11.7 Å². The summed E-state index contributed by atoms with van der Waals surface area (Å²) in [7, 11) is 3.92. The zero-order valence-corrected chi connectivity index (χ0v) is 14.5. The van der Waals surface area contributed by atoms with Crippen LogP contribution in [0.4, 0.5) is 27.3 Å². The van der Waals surface area contributed by atoms with Gasteiger partial charge in [-0.1, -0.05) is 0 Å². The first-order valence-electron chi connectivity index (χ1n) is 8.09. The molecule has 3 rings (SSSR count). The number of aromatic nitrogens is 1. The van der Waals surface area contributed by atoms with Crippen molar-refractivity contribution in [1.29, 1.82) is 0 Å². The lowest BCUT2D eigenvalue weighted by atomic mass is 10.2. The second-order valence-electron chi connectivity index (χ2n) is 5.96. The Balaban J connectivity index is 1.63. The van der Waals surface area contributed by atoms with Gasteiger partial charge in [-0.05, 0) is 60.7 Å². The molecule has 26 heavy (non-hydrogen) atoms. The number of rotatable bonds is 5. The first-order chi connectivity index (χ1) is 12.5. The van der Waals surface area contributed by atoms with Crippen LogP contribution in [0.25, 0.3) is 0 Å². The minimum Gasteiger partial charge on any atom is -0.378 e. The average Bonchev–Trinajstić information content (AvgIpc) is 2.64. The van der Waals surface area contributed by atoms with Crippen molar-refractivity contribution >= 4 is 28.8 Å². The van der Waals surface area contributed by atoms with E-state index in [1.165, 1.54) is 18.3 Å². The van der Waals surface area contributed by atoms with Crippen molar-refractivity contribution in [2.24, 2.45) is 0 Å². The molecule has 0 aliphatic carbocycles. The van der Waals surface area contributed by atoms with Crippen molar-refractivity contribution in [3.8, 4) is 0 Å². The fraction of sp³-hybridized carbons (Fsp3) is 0.100. The molecule has 0 atom stereocenters. The highest BCUT2D eigenvalue weighted by Gasteiger charge is 2.07. The average molecular weight is 350 g/mol. The SMILES string of the molecule is CN(C)c1ccc(NC(=O)c2ccc(Nc3ccc(F)cc3)nc2)cc1. The second kappa shape index (κ2) is 7.65. The van der Waals surface area contributed by atoms with E-state index < -0.39 is 0 Å². The Labute approximate surface area is 151 Å². The third-order valence-corrected chi connectivity index (χ3v) is 3.78. The fourth-order valence-electron chi connectivity index (χ4n) is 2.33. The lowest BCUT2D eigenvalue weighted by Gasteiger charge is -2.13. The molecule has 0 unspecified atom stereocenters. The third kappa shape index (κ3) is 4.36. The van der Waals surface area contributed by atoms with E-state index in [1.54, 1.807) is 24.3 Å². The summed E-state index contributed by atoms with van der Waals surface area (Å²) in [6.07, 6.45) is 1.50. The van der Waals surface area contributed by atoms with E-state index in [0.29, 0.717) is 17.1 Å². The monoisotopic (exact) mass is 350 g/mol. The zero-order chi connectivity index (χ0) is 18.5. The van der Waals surface area contributed by atoms with E-state index in [1.807, 2.05) is 43.3 Å². The zero-order valence-electron chi connectivity index (χ0n) is 14.5. The van der Waals surface area contributed by atoms with Crippen molar-refractivity contribution < 1.29 is 9.18 Å². The number of amides is 1. The minimum absolute atomic E-state index is 0.233. The Bertz CT molecular complexity index is 875. The summed E-state index contributed by atoms with van der Waals surface area (Å²) in [5, 5.41) is 5.89. The standard InChI is InChI=1S/C20H19FN4O/c1-25(2)18-10-8-17(9-11-18)24-20(26)14-3-12-19(22-13-14)23-16-6-4-15(21)5-7-16/h3-13H,1-2H3,(H,22,23)(H,24,26). The molecule has 0 aliphatic heterocycles. The molecule has 1 heterocycles. The number of carbonyl (C=O) groups is 1. The van der Waals surface area contributed by atoms with Gasteiger partial charge in [-0.2, -0.15) is 0 Å². The van der Waals surface area contributed by atoms with E-state index in [0.717, 1.165) is 11.4 Å². The maximum absolute atomic E-state index is 12.9. The molecule has 3 aromatic rings. The molecule has 5 nitrogen and oxygen atoms in total. The molecule has 1 amide bonds. The molecule has 2 N–H and O–H groups in total. The Morgan fingerprint density at radius 2 is 1.58 bits per heavy atom. The van der Waals surface area contributed by atoms with E-state index in [4.69, 9.17) is 0 Å². The number of benzene rings is 2. The van der Waals surface area contributed by atoms with Gasteiger partial charge in [-0.25, -0.2) is 9.37 Å². The number of nitrogens with zero attached hydrogens (tertiary/aromatic N) is 2. The summed E-state index contributed by atoms with van der Waals surface area (Å²) in [5.41, 5.74) is 2.94. The molecule has 6 heteroatoms. The Morgan fingerprint density at radius 3 is 2.15 bits per heavy atom. The number of halogens is 1. The fourth-order valence-corrected chi connectivity index (χ4v) is 2.33. The van der Waals surface area contributed by atoms with Crippen molar-refractivity contribution in [2.75, 3.05) is 29.6 Å². The maximum atomic E-state index is 12.9. The van der Waals surface area contributed by atoms with Crippen LogP contribution in [0.2, 0.25) is 0 Å². The highest BCUT2D eigenvalue weighted by atomic mass is 19.1. The molecule has 132 valence electrons. The van der Waals surface area contributed by atoms with Gasteiger partial charge < -0.3 is 15.5 Å². The van der Waals surface area contributed by atoms with Crippen LogP contribution < -0.4 is 15.5 Å². The summed E-state index contributed by atoms with van der Waals surface area (Å²) in [5.74, 6) is 0.0427. The summed E-state index contributed by atoms with van der Waals surface area (Å²) in [6, 6.07) is 16.9. The first kappa shape index (κ1) is 17.4. The van der Waals surface area contributed by atoms with Crippen LogP contribution in [0.5, 0.6) is 0 Å². The first-order valence-corrected chi connectivity index (χ1v) is 8.09. The largest absolute Gasteiger partial charge is 0.378 e. The Kier molecular flexibility index (Phi) is 5.12. The summed E-state index contributed by atoms with van der Waals surface area (Å²) in [4.78, 5) is 18.5. The van der Waals surface area contributed by atoms with Crippen molar-refractivity contribution in [2.45, 2.75) is 0 Å². The van der Waals surface area contributed by atoms with E-state index in [9.17, 15) is 9.18 Å². The lowest BCUT2D eigenvalue weighted by molar-refractivity contribution is 0.102. The normalized spacial score (nSPS) is 10.3. The molecule has 0 spiro atoms. The van der Waals surface area contributed by atoms with Gasteiger partial charge in [0, 0.05) is 37.4 Å². The molecule has 0 aliphatic rings. The van der Waals surface area contributed by atoms with Gasteiger partial charge in [0.05, 0.1) is 5.56 Å². The third-order valence-electron chi connectivity index (χ3n) is 3.78. The van der Waals surface area contributed by atoms with Gasteiger partial charge in [0.15, 0.2) is 0 Å². The van der Waals surface area contributed by atoms with E-state index in [2.05, 4.69) is 15.6 Å². The van der Waals surface area contributed by atoms with Crippen LogP contribution in [0, 0.1) is 5.82 Å². The quantitative estimate of drug-likeness (QED) is 0.721. The number of carbonyl (C=O) groups excluding carboxylic acids is 1. The van der Waals surface area contributed by atoms with Crippen molar-refractivity contribution in [3.63, 3.8) is 0 Å². The number of hydrogen-bond acceptors (Lipinski definition) is 4. The number of pyridine rings is 1. The molecule has 0 radical (unpaired) electrons. The predicted molar refractivity (Wildman–Crippen MR) is 103 cm³/mol. The van der Waals surface area contributed by atoms with Gasteiger partial charge in [-0.3, -0.25) is 4.79 Å². The topological polar surface area (TPSA) is 57.3 Å². The van der Waals surface area contributed by atoms with Gasteiger partial charge in [0.2, 0.25) is 0 Å². The Hall–Kier alpha value is -3.41. The molecule has 0 saturated heterocycles. The molecule has 0 saturated carbocycles. The maximum Gasteiger partial charge on any atom is 0.257 e. The summed E-state index contributed by atoms with van der Waals surface area (Å²) < 4.78 is 12.9. The van der Waals surface area contributed by atoms with Crippen LogP contribution in [-0.4, -0.2) is 25.0 Å². The predicted octanol–water partition coefficient (Wildman–Crippen LogP) is 4.28. The Morgan fingerprint density at radius 1 is 0.923 bits per heavy atom. The highest BCUT2D eigenvalue weighted by Crippen LogP contribution is 2.18. The number of anilines is 4. The van der Waals surface area contributed by atoms with Crippen molar-refractivity contribution in [1.82, 2.24) is 4.98 Å². The van der Waals surface area contributed by atoms with Crippen molar-refractivity contribution in [3.05, 3.63) is 78.2 Å². The molecular formula is C20H19FN4O. The van der Waals surface area contributed by atoms with Crippen LogP contribution in [0.3, 0.4) is 0 Å². The minimum atomic E-state index is -0.297. The molecular weight excluding hydrogens is 331 g/mol. The van der Waals surface area contributed by atoms with Crippen LogP contribution in [-0.2, 0) is 0 Å². The van der Waals surface area contributed by atoms with Crippen LogP contribution in [0.15, 0.2) is 66.9 Å². The van der Waals surface area contributed by atoms with Gasteiger partial charge in [-0.15, -0.1) is 0 Å². The second-order valence-corrected chi connectivity index (χ2v) is 5.96. The van der Waals surface area contributed by atoms with Crippen LogP contribution in [0.1, 0.15) is 10.4 Å². The number of hydrogen-bond donors (Lipinski definition) is 2. The molecule has 0 bridgehead atoms. The van der Waals surface area contributed by atoms with Crippen LogP contribution >= 0.6 is 0 Å². The molecule has 2 aromatic carbocycles. The van der Waals surface area contributed by atoms with E-state index >= 15 is 0 Å². The smallest absolute Gasteiger partial charge is 0.257 e. The van der Waals surface area contributed by atoms with Gasteiger partial charge in [0.1, 0.15) is 11.6 Å². The van der Waals surface area contributed by atoms with Gasteiger partial charge >= 0.3 is 0 Å². The van der Waals surface area contributed by atoms with Gasteiger partial charge in [0.25, 0.3) is 5.91 Å². The lowest BCUT2D eigenvalue weighted by Crippen LogP contribution is -2.13. The number of nitrogens with one attached hydrogen (secondary N) is 2. The molecule has 1 aromatic heterocycles. The highest BCUT2D eigenvalue weighted by molar-refractivity contribution is 6.04.